The lowest BCUT2D eigenvalue weighted by Crippen LogP contribution is -2.47. The van der Waals surface area contributed by atoms with Gasteiger partial charge in [-0.2, -0.15) is 0 Å². The Morgan fingerprint density at radius 3 is 2.42 bits per heavy atom. The molecular formula is C17H34N2. The zero-order valence-electron chi connectivity index (χ0n) is 13.5. The van der Waals surface area contributed by atoms with Crippen LogP contribution in [0.25, 0.3) is 0 Å². The number of rotatable bonds is 4. The van der Waals surface area contributed by atoms with E-state index < -0.39 is 0 Å². The molecule has 1 saturated carbocycles. The Morgan fingerprint density at radius 2 is 1.84 bits per heavy atom. The van der Waals surface area contributed by atoms with Crippen LogP contribution in [0.3, 0.4) is 0 Å². The van der Waals surface area contributed by atoms with Crippen molar-refractivity contribution in [2.24, 2.45) is 17.3 Å². The van der Waals surface area contributed by atoms with Crippen LogP contribution in [0.2, 0.25) is 0 Å². The van der Waals surface area contributed by atoms with Crippen molar-refractivity contribution < 1.29 is 0 Å². The molecule has 0 bridgehead atoms. The molecule has 0 aromatic carbocycles. The van der Waals surface area contributed by atoms with E-state index in [4.69, 9.17) is 0 Å². The van der Waals surface area contributed by atoms with Gasteiger partial charge in [0.2, 0.25) is 0 Å². The predicted octanol–water partition coefficient (Wildman–Crippen LogP) is 3.52. The normalized spacial score (nSPS) is 33.5. The van der Waals surface area contributed by atoms with Gasteiger partial charge in [-0.05, 0) is 69.5 Å². The first-order chi connectivity index (χ1) is 9.04. The minimum absolute atomic E-state index is 0.555. The largest absolute Gasteiger partial charge is 0.317 e. The van der Waals surface area contributed by atoms with E-state index in [1.807, 2.05) is 0 Å². The topological polar surface area (TPSA) is 15.3 Å². The molecule has 2 heteroatoms. The average Bonchev–Trinajstić information content (AvgIpc) is 2.39. The molecule has 0 amide bonds. The van der Waals surface area contributed by atoms with Crippen LogP contribution < -0.4 is 5.32 Å². The number of nitrogens with one attached hydrogen (secondary N) is 1. The van der Waals surface area contributed by atoms with Crippen molar-refractivity contribution in [1.29, 1.82) is 0 Å². The standard InChI is InChI=1S/C17H34N2/c1-5-14-7-10-19(11-8-14)13-15-12-17(2,3)9-6-16(15)18-4/h14-16,18H,5-13H2,1-4H3. The average molecular weight is 266 g/mol. The van der Waals surface area contributed by atoms with Crippen molar-refractivity contribution in [3.63, 3.8) is 0 Å². The second-order valence-electron chi connectivity index (χ2n) is 7.71. The Morgan fingerprint density at radius 1 is 1.16 bits per heavy atom. The maximum atomic E-state index is 3.57. The van der Waals surface area contributed by atoms with Crippen LogP contribution in [0.15, 0.2) is 0 Å². The van der Waals surface area contributed by atoms with Crippen LogP contribution in [-0.2, 0) is 0 Å². The molecule has 2 unspecified atom stereocenters. The highest BCUT2D eigenvalue weighted by Gasteiger charge is 2.35. The third-order valence-electron chi connectivity index (χ3n) is 5.66. The maximum Gasteiger partial charge on any atom is 0.0105 e. The Labute approximate surface area is 120 Å². The summed E-state index contributed by atoms with van der Waals surface area (Å²) < 4.78 is 0. The maximum absolute atomic E-state index is 3.57. The first-order valence-electron chi connectivity index (χ1n) is 8.43. The molecule has 2 aliphatic rings. The second kappa shape index (κ2) is 6.58. The highest BCUT2D eigenvalue weighted by molar-refractivity contribution is 4.90. The fourth-order valence-electron chi connectivity index (χ4n) is 4.22. The Balaban J connectivity index is 1.85. The predicted molar refractivity (Wildman–Crippen MR) is 83.4 cm³/mol. The van der Waals surface area contributed by atoms with Gasteiger partial charge in [-0.1, -0.05) is 27.2 Å². The van der Waals surface area contributed by atoms with E-state index in [0.717, 1.165) is 17.9 Å². The molecule has 1 aliphatic heterocycles. The van der Waals surface area contributed by atoms with E-state index in [2.05, 4.69) is 38.0 Å². The summed E-state index contributed by atoms with van der Waals surface area (Å²) in [5.74, 6) is 1.85. The summed E-state index contributed by atoms with van der Waals surface area (Å²) in [5, 5.41) is 3.57. The first-order valence-corrected chi connectivity index (χ1v) is 8.43. The van der Waals surface area contributed by atoms with Crippen LogP contribution in [0.5, 0.6) is 0 Å². The minimum Gasteiger partial charge on any atom is -0.317 e. The van der Waals surface area contributed by atoms with Gasteiger partial charge in [0, 0.05) is 12.6 Å². The zero-order chi connectivity index (χ0) is 13.9. The van der Waals surface area contributed by atoms with Crippen LogP contribution in [0, 0.1) is 17.3 Å². The molecule has 2 atom stereocenters. The van der Waals surface area contributed by atoms with Gasteiger partial charge in [0.15, 0.2) is 0 Å². The minimum atomic E-state index is 0.555. The summed E-state index contributed by atoms with van der Waals surface area (Å²) in [6.07, 6.45) is 8.37. The van der Waals surface area contributed by atoms with Crippen molar-refractivity contribution in [2.45, 2.75) is 65.3 Å². The summed E-state index contributed by atoms with van der Waals surface area (Å²) in [7, 11) is 2.15. The molecule has 112 valence electrons. The number of hydrogen-bond donors (Lipinski definition) is 1. The van der Waals surface area contributed by atoms with Crippen molar-refractivity contribution >= 4 is 0 Å². The highest BCUT2D eigenvalue weighted by Crippen LogP contribution is 2.39. The Bertz CT molecular complexity index is 266. The van der Waals surface area contributed by atoms with Gasteiger partial charge >= 0.3 is 0 Å². The number of nitrogens with zero attached hydrogens (tertiary/aromatic N) is 1. The van der Waals surface area contributed by atoms with Crippen LogP contribution in [0.4, 0.5) is 0 Å². The summed E-state index contributed by atoms with van der Waals surface area (Å²) in [4.78, 5) is 2.74. The van der Waals surface area contributed by atoms with E-state index in [0.29, 0.717) is 5.41 Å². The van der Waals surface area contributed by atoms with Crippen LogP contribution >= 0.6 is 0 Å². The van der Waals surface area contributed by atoms with Gasteiger partial charge in [-0.15, -0.1) is 0 Å². The third-order valence-corrected chi connectivity index (χ3v) is 5.66. The van der Waals surface area contributed by atoms with E-state index >= 15 is 0 Å². The molecule has 1 heterocycles. The van der Waals surface area contributed by atoms with Gasteiger partial charge in [-0.3, -0.25) is 0 Å². The smallest absolute Gasteiger partial charge is 0.0105 e. The van der Waals surface area contributed by atoms with Crippen molar-refractivity contribution in [3.8, 4) is 0 Å². The number of piperidine rings is 1. The number of hydrogen-bond acceptors (Lipinski definition) is 2. The first kappa shape index (κ1) is 15.3. The second-order valence-corrected chi connectivity index (χ2v) is 7.71. The van der Waals surface area contributed by atoms with Gasteiger partial charge in [-0.25, -0.2) is 0 Å². The monoisotopic (exact) mass is 266 g/mol. The van der Waals surface area contributed by atoms with E-state index in [9.17, 15) is 0 Å². The SMILES string of the molecule is CCC1CCN(CC2CC(C)(C)CCC2NC)CC1. The Kier molecular flexibility index (Phi) is 5.30. The van der Waals surface area contributed by atoms with E-state index in [-0.39, 0.29) is 0 Å². The Hall–Kier alpha value is -0.0800. The molecular weight excluding hydrogens is 232 g/mol. The summed E-state index contributed by atoms with van der Waals surface area (Å²) >= 11 is 0. The molecule has 0 aromatic heterocycles. The molecule has 1 aliphatic carbocycles. The summed E-state index contributed by atoms with van der Waals surface area (Å²) in [5.41, 5.74) is 0.555. The molecule has 19 heavy (non-hydrogen) atoms. The summed E-state index contributed by atoms with van der Waals surface area (Å²) in [6, 6.07) is 0.747. The molecule has 0 aromatic rings. The van der Waals surface area contributed by atoms with E-state index in [1.165, 1.54) is 58.2 Å². The lowest BCUT2D eigenvalue weighted by molar-refractivity contribution is 0.0852. The fourth-order valence-corrected chi connectivity index (χ4v) is 4.22. The summed E-state index contributed by atoms with van der Waals surface area (Å²) in [6.45, 7) is 11.3. The third kappa shape index (κ3) is 4.19. The van der Waals surface area contributed by atoms with Gasteiger partial charge in [0.05, 0.1) is 0 Å². The molecule has 0 radical (unpaired) electrons. The lowest BCUT2D eigenvalue weighted by Gasteiger charge is -2.43. The molecule has 1 saturated heterocycles. The molecule has 2 rings (SSSR count). The van der Waals surface area contributed by atoms with Crippen LogP contribution in [-0.4, -0.2) is 37.6 Å². The quantitative estimate of drug-likeness (QED) is 0.837. The van der Waals surface area contributed by atoms with Crippen molar-refractivity contribution in [3.05, 3.63) is 0 Å². The van der Waals surface area contributed by atoms with Crippen molar-refractivity contribution in [1.82, 2.24) is 10.2 Å². The molecule has 2 fully saturated rings. The van der Waals surface area contributed by atoms with E-state index in [1.54, 1.807) is 0 Å². The highest BCUT2D eigenvalue weighted by atomic mass is 15.1. The van der Waals surface area contributed by atoms with Gasteiger partial charge < -0.3 is 10.2 Å². The molecule has 2 nitrogen and oxygen atoms in total. The van der Waals surface area contributed by atoms with Crippen LogP contribution in [0.1, 0.15) is 59.3 Å². The fraction of sp³-hybridized carbons (Fsp3) is 1.00. The molecule has 0 spiro atoms. The van der Waals surface area contributed by atoms with Crippen molar-refractivity contribution in [2.75, 3.05) is 26.7 Å². The van der Waals surface area contributed by atoms with Gasteiger partial charge in [0.25, 0.3) is 0 Å². The van der Waals surface area contributed by atoms with Gasteiger partial charge in [0.1, 0.15) is 0 Å². The lowest BCUT2D eigenvalue weighted by atomic mass is 9.69. The number of likely N-dealkylation sites (tertiary alicyclic amines) is 1. The molecule has 1 N–H and O–H groups in total. The zero-order valence-corrected chi connectivity index (χ0v) is 13.5.